The van der Waals surface area contributed by atoms with Gasteiger partial charge in [0.2, 0.25) is 5.78 Å². The van der Waals surface area contributed by atoms with Crippen LogP contribution >= 0.6 is 0 Å². The molecule has 1 saturated carbocycles. The highest BCUT2D eigenvalue weighted by Crippen LogP contribution is 2.33. The number of Topliss-reactive ketones (excluding diaryl/α,β-unsaturated/α-hetero) is 1. The standard InChI is InChI=1S/C21H26N4O3/c1-25-13-16(18(24-25)15-10-6-3-7-11-15)21(28)23-17(19(26)20(22)27)12-14-8-4-2-5-9-14/h2,4-5,8-9,13,15,17H,3,6-7,10-12H2,1H3,(H2,22,27)(H,23,28). The molecule has 0 bridgehead atoms. The van der Waals surface area contributed by atoms with E-state index in [1.165, 1.54) is 6.42 Å². The Bertz CT molecular complexity index is 854. The first-order chi connectivity index (χ1) is 13.5. The highest BCUT2D eigenvalue weighted by Gasteiger charge is 2.29. The zero-order valence-electron chi connectivity index (χ0n) is 16.1. The van der Waals surface area contributed by atoms with E-state index >= 15 is 0 Å². The Morgan fingerprint density at radius 2 is 1.86 bits per heavy atom. The molecule has 28 heavy (non-hydrogen) atoms. The van der Waals surface area contributed by atoms with Gasteiger partial charge in [0.1, 0.15) is 6.04 Å². The molecule has 1 heterocycles. The van der Waals surface area contributed by atoms with Crippen molar-refractivity contribution in [2.24, 2.45) is 12.8 Å². The number of rotatable bonds is 7. The van der Waals surface area contributed by atoms with E-state index in [2.05, 4.69) is 10.4 Å². The van der Waals surface area contributed by atoms with Crippen LogP contribution in [-0.4, -0.2) is 33.4 Å². The van der Waals surface area contributed by atoms with Gasteiger partial charge in [-0.1, -0.05) is 49.6 Å². The first-order valence-corrected chi connectivity index (χ1v) is 9.67. The number of amides is 2. The van der Waals surface area contributed by atoms with Crippen LogP contribution in [0.2, 0.25) is 0 Å². The Hall–Kier alpha value is -2.96. The fraction of sp³-hybridized carbons (Fsp3) is 0.429. The monoisotopic (exact) mass is 382 g/mol. The van der Waals surface area contributed by atoms with Gasteiger partial charge >= 0.3 is 0 Å². The van der Waals surface area contributed by atoms with E-state index in [1.54, 1.807) is 17.9 Å². The van der Waals surface area contributed by atoms with Crippen molar-refractivity contribution in [3.05, 3.63) is 53.3 Å². The Balaban J connectivity index is 1.81. The molecule has 1 aliphatic carbocycles. The number of carbonyl (C=O) groups is 3. The summed E-state index contributed by atoms with van der Waals surface area (Å²) in [5.41, 5.74) is 7.26. The van der Waals surface area contributed by atoms with Crippen molar-refractivity contribution < 1.29 is 14.4 Å². The van der Waals surface area contributed by atoms with Gasteiger partial charge in [0.25, 0.3) is 11.8 Å². The first-order valence-electron chi connectivity index (χ1n) is 9.67. The second-order valence-corrected chi connectivity index (χ2v) is 7.38. The minimum atomic E-state index is -1.06. The average molecular weight is 382 g/mol. The van der Waals surface area contributed by atoms with Gasteiger partial charge in [0.15, 0.2) is 0 Å². The van der Waals surface area contributed by atoms with Crippen molar-refractivity contribution >= 4 is 17.6 Å². The number of ketones is 1. The van der Waals surface area contributed by atoms with Crippen molar-refractivity contribution in [3.63, 3.8) is 0 Å². The van der Waals surface area contributed by atoms with Gasteiger partial charge in [0.05, 0.1) is 11.3 Å². The molecule has 0 radical (unpaired) electrons. The smallest absolute Gasteiger partial charge is 0.287 e. The minimum absolute atomic E-state index is 0.202. The van der Waals surface area contributed by atoms with Crippen LogP contribution in [-0.2, 0) is 23.1 Å². The fourth-order valence-electron chi connectivity index (χ4n) is 3.82. The molecule has 7 heteroatoms. The Morgan fingerprint density at radius 3 is 2.50 bits per heavy atom. The number of aryl methyl sites for hydroxylation is 1. The molecule has 1 fully saturated rings. The summed E-state index contributed by atoms with van der Waals surface area (Å²) in [4.78, 5) is 36.7. The summed E-state index contributed by atoms with van der Waals surface area (Å²) >= 11 is 0. The fourth-order valence-corrected chi connectivity index (χ4v) is 3.82. The van der Waals surface area contributed by atoms with Gasteiger partial charge in [-0.2, -0.15) is 5.10 Å². The topological polar surface area (TPSA) is 107 Å². The van der Waals surface area contributed by atoms with E-state index in [4.69, 9.17) is 5.73 Å². The molecule has 0 spiro atoms. The first kappa shape index (κ1) is 19.8. The molecule has 7 nitrogen and oxygen atoms in total. The van der Waals surface area contributed by atoms with Gasteiger partial charge in [-0.25, -0.2) is 0 Å². The molecule has 3 rings (SSSR count). The number of benzene rings is 1. The summed E-state index contributed by atoms with van der Waals surface area (Å²) in [5, 5.41) is 7.22. The SMILES string of the molecule is Cn1cc(C(=O)NC(Cc2ccccc2)C(=O)C(N)=O)c(C2CCCCC2)n1. The van der Waals surface area contributed by atoms with Crippen LogP contribution in [0.4, 0.5) is 0 Å². The molecule has 1 aromatic carbocycles. The summed E-state index contributed by atoms with van der Waals surface area (Å²) in [6.45, 7) is 0. The lowest BCUT2D eigenvalue weighted by atomic mass is 9.85. The van der Waals surface area contributed by atoms with Crippen LogP contribution in [0.15, 0.2) is 36.5 Å². The molecule has 3 N–H and O–H groups in total. The maximum absolute atomic E-state index is 13.0. The van der Waals surface area contributed by atoms with Crippen LogP contribution in [0.1, 0.15) is 59.6 Å². The summed E-state index contributed by atoms with van der Waals surface area (Å²) in [6.07, 6.45) is 7.34. The molecule has 1 unspecified atom stereocenters. The number of nitrogens with two attached hydrogens (primary N) is 1. The van der Waals surface area contributed by atoms with Crippen molar-refractivity contribution in [2.45, 2.75) is 50.5 Å². The largest absolute Gasteiger partial charge is 0.363 e. The maximum Gasteiger partial charge on any atom is 0.287 e. The molecule has 148 valence electrons. The van der Waals surface area contributed by atoms with Crippen molar-refractivity contribution in [3.8, 4) is 0 Å². The molecule has 2 amide bonds. The number of nitrogens with zero attached hydrogens (tertiary/aromatic N) is 2. The van der Waals surface area contributed by atoms with Crippen LogP contribution in [0.25, 0.3) is 0 Å². The van der Waals surface area contributed by atoms with Gasteiger partial charge in [0, 0.05) is 25.6 Å². The van der Waals surface area contributed by atoms with Gasteiger partial charge in [-0.05, 0) is 18.4 Å². The van der Waals surface area contributed by atoms with Crippen molar-refractivity contribution in [2.75, 3.05) is 0 Å². The zero-order valence-corrected chi connectivity index (χ0v) is 16.1. The second-order valence-electron chi connectivity index (χ2n) is 7.38. The van der Waals surface area contributed by atoms with E-state index in [0.717, 1.165) is 36.9 Å². The summed E-state index contributed by atoms with van der Waals surface area (Å²) < 4.78 is 1.63. The minimum Gasteiger partial charge on any atom is -0.363 e. The molecular weight excluding hydrogens is 356 g/mol. The molecule has 1 atom stereocenters. The third-order valence-corrected chi connectivity index (χ3v) is 5.24. The van der Waals surface area contributed by atoms with Gasteiger partial charge in [-0.3, -0.25) is 19.1 Å². The zero-order chi connectivity index (χ0) is 20.1. The third-order valence-electron chi connectivity index (χ3n) is 5.24. The normalized spacial score (nSPS) is 15.8. The molecule has 2 aromatic rings. The van der Waals surface area contributed by atoms with Crippen LogP contribution in [0, 0.1) is 0 Å². The van der Waals surface area contributed by atoms with E-state index in [1.807, 2.05) is 30.3 Å². The quantitative estimate of drug-likeness (QED) is 0.713. The van der Waals surface area contributed by atoms with Crippen LogP contribution < -0.4 is 11.1 Å². The molecule has 1 aromatic heterocycles. The highest BCUT2D eigenvalue weighted by molar-refractivity contribution is 6.38. The van der Waals surface area contributed by atoms with E-state index in [-0.39, 0.29) is 12.3 Å². The highest BCUT2D eigenvalue weighted by atomic mass is 16.2. The number of aromatic nitrogens is 2. The second kappa shape index (κ2) is 8.82. The molecule has 1 aliphatic rings. The summed E-state index contributed by atoms with van der Waals surface area (Å²) in [7, 11) is 1.78. The van der Waals surface area contributed by atoms with E-state index < -0.39 is 23.6 Å². The van der Waals surface area contributed by atoms with Crippen LogP contribution in [0.5, 0.6) is 0 Å². The van der Waals surface area contributed by atoms with Crippen molar-refractivity contribution in [1.29, 1.82) is 0 Å². The number of carbonyl (C=O) groups excluding carboxylic acids is 3. The molecule has 0 aliphatic heterocycles. The van der Waals surface area contributed by atoms with E-state index in [0.29, 0.717) is 5.56 Å². The number of nitrogens with one attached hydrogen (secondary N) is 1. The summed E-state index contributed by atoms with van der Waals surface area (Å²) in [6, 6.07) is 8.21. The Morgan fingerprint density at radius 1 is 1.18 bits per heavy atom. The third kappa shape index (κ3) is 4.65. The Kier molecular flexibility index (Phi) is 6.23. The molecule has 0 saturated heterocycles. The van der Waals surface area contributed by atoms with Crippen LogP contribution in [0.3, 0.4) is 0 Å². The van der Waals surface area contributed by atoms with Gasteiger partial charge in [-0.15, -0.1) is 0 Å². The molecular formula is C21H26N4O3. The van der Waals surface area contributed by atoms with E-state index in [9.17, 15) is 14.4 Å². The summed E-state index contributed by atoms with van der Waals surface area (Å²) in [5.74, 6) is -2.01. The lowest BCUT2D eigenvalue weighted by molar-refractivity contribution is -0.137. The maximum atomic E-state index is 13.0. The van der Waals surface area contributed by atoms with Crippen molar-refractivity contribution in [1.82, 2.24) is 15.1 Å². The van der Waals surface area contributed by atoms with Gasteiger partial charge < -0.3 is 11.1 Å². The Labute approximate surface area is 164 Å². The number of hydrogen-bond donors (Lipinski definition) is 2. The number of primary amides is 1. The lowest BCUT2D eigenvalue weighted by Gasteiger charge is -2.21. The average Bonchev–Trinajstić information content (AvgIpc) is 3.10. The predicted molar refractivity (Wildman–Crippen MR) is 105 cm³/mol. The predicted octanol–water partition coefficient (Wildman–Crippen LogP) is 1.86. The number of hydrogen-bond acceptors (Lipinski definition) is 4. The lowest BCUT2D eigenvalue weighted by Crippen LogP contribution is -2.47.